The molecule has 112 valence electrons. The van der Waals surface area contributed by atoms with Gasteiger partial charge >= 0.3 is 5.97 Å². The minimum Gasteiger partial charge on any atom is -0.494 e. The summed E-state index contributed by atoms with van der Waals surface area (Å²) in [6.45, 7) is 4.63. The maximum Gasteiger partial charge on any atom is 0.325 e. The highest BCUT2D eigenvalue weighted by molar-refractivity contribution is 5.74. The molecule has 0 saturated carbocycles. The van der Waals surface area contributed by atoms with Gasteiger partial charge in [0.25, 0.3) is 0 Å². The number of rotatable bonds is 5. The number of nitriles is 1. The van der Waals surface area contributed by atoms with Gasteiger partial charge in [-0.15, -0.1) is 0 Å². The number of hydrogen-bond donors (Lipinski definition) is 1. The summed E-state index contributed by atoms with van der Waals surface area (Å²) in [4.78, 5) is 13.8. The van der Waals surface area contributed by atoms with Gasteiger partial charge in [-0.25, -0.2) is 0 Å². The van der Waals surface area contributed by atoms with Crippen LogP contribution in [-0.2, 0) is 4.79 Å². The van der Waals surface area contributed by atoms with Crippen LogP contribution in [0.3, 0.4) is 0 Å². The molecule has 6 heteroatoms. The Morgan fingerprint density at radius 1 is 1.43 bits per heavy atom. The Labute approximate surface area is 124 Å². The number of ether oxygens (including phenoxy) is 2. The third-order valence-corrected chi connectivity index (χ3v) is 3.20. The highest BCUT2D eigenvalue weighted by Crippen LogP contribution is 2.17. The highest BCUT2D eigenvalue weighted by Gasteiger charge is 2.24. The first kappa shape index (κ1) is 15.3. The van der Waals surface area contributed by atoms with Gasteiger partial charge in [0, 0.05) is 19.6 Å². The lowest BCUT2D eigenvalue weighted by Crippen LogP contribution is -2.52. The van der Waals surface area contributed by atoms with Crippen molar-refractivity contribution < 1.29 is 14.3 Å². The highest BCUT2D eigenvalue weighted by atomic mass is 16.5. The fraction of sp³-hybridized carbons (Fsp3) is 0.467. The van der Waals surface area contributed by atoms with E-state index in [2.05, 4.69) is 11.4 Å². The zero-order chi connectivity index (χ0) is 15.1. The molecule has 1 saturated heterocycles. The van der Waals surface area contributed by atoms with E-state index in [-0.39, 0.29) is 18.6 Å². The van der Waals surface area contributed by atoms with Gasteiger partial charge in [0.1, 0.15) is 17.5 Å². The van der Waals surface area contributed by atoms with E-state index < -0.39 is 0 Å². The fourth-order valence-corrected chi connectivity index (χ4v) is 2.16. The van der Waals surface area contributed by atoms with Crippen LogP contribution in [0.15, 0.2) is 24.3 Å². The molecule has 1 aromatic carbocycles. The van der Waals surface area contributed by atoms with Crippen LogP contribution in [-0.4, -0.2) is 49.7 Å². The molecule has 1 N–H and O–H groups in total. The van der Waals surface area contributed by atoms with Crippen molar-refractivity contribution in [3.63, 3.8) is 0 Å². The molecule has 0 radical (unpaired) electrons. The van der Waals surface area contributed by atoms with E-state index in [1.165, 1.54) is 0 Å². The van der Waals surface area contributed by atoms with Crippen LogP contribution in [0.4, 0.5) is 0 Å². The maximum absolute atomic E-state index is 11.9. The van der Waals surface area contributed by atoms with Crippen LogP contribution < -0.4 is 14.8 Å². The first-order valence-electron chi connectivity index (χ1n) is 7.01. The van der Waals surface area contributed by atoms with Crippen LogP contribution in [0, 0.1) is 11.3 Å². The van der Waals surface area contributed by atoms with Gasteiger partial charge in [-0.1, -0.05) is 0 Å². The van der Waals surface area contributed by atoms with E-state index >= 15 is 0 Å². The lowest BCUT2D eigenvalue weighted by Gasteiger charge is -2.30. The molecule has 2 rings (SSSR count). The molecule has 21 heavy (non-hydrogen) atoms. The number of carbonyl (C=O) groups excluding carboxylic acids is 1. The van der Waals surface area contributed by atoms with Crippen molar-refractivity contribution in [2.75, 3.05) is 32.8 Å². The lowest BCUT2D eigenvalue weighted by molar-refractivity contribution is -0.136. The van der Waals surface area contributed by atoms with Gasteiger partial charge in [-0.05, 0) is 31.2 Å². The molecule has 1 heterocycles. The SMILES string of the molecule is CCOc1ccc(OC(=O)CN2CCNCC2C#N)cc1. The van der Waals surface area contributed by atoms with E-state index in [4.69, 9.17) is 14.7 Å². The molecular weight excluding hydrogens is 270 g/mol. The van der Waals surface area contributed by atoms with Crippen molar-refractivity contribution in [2.24, 2.45) is 0 Å². The van der Waals surface area contributed by atoms with Gasteiger partial charge in [0.05, 0.1) is 19.2 Å². The Morgan fingerprint density at radius 3 is 2.81 bits per heavy atom. The largest absolute Gasteiger partial charge is 0.494 e. The summed E-state index contributed by atoms with van der Waals surface area (Å²) < 4.78 is 10.6. The molecule has 0 aromatic heterocycles. The van der Waals surface area contributed by atoms with E-state index in [1.807, 2.05) is 11.8 Å². The quantitative estimate of drug-likeness (QED) is 0.638. The first-order valence-corrected chi connectivity index (χ1v) is 7.01. The molecule has 0 bridgehead atoms. The summed E-state index contributed by atoms with van der Waals surface area (Å²) in [5.41, 5.74) is 0. The van der Waals surface area contributed by atoms with Crippen LogP contribution in [0.25, 0.3) is 0 Å². The second-order valence-electron chi connectivity index (χ2n) is 4.70. The zero-order valence-electron chi connectivity index (χ0n) is 12.0. The van der Waals surface area contributed by atoms with Crippen molar-refractivity contribution in [1.29, 1.82) is 5.26 Å². The second-order valence-corrected chi connectivity index (χ2v) is 4.70. The number of carbonyl (C=O) groups is 1. The molecule has 1 aliphatic rings. The van der Waals surface area contributed by atoms with Crippen molar-refractivity contribution in [1.82, 2.24) is 10.2 Å². The molecule has 1 fully saturated rings. The number of hydrogen-bond acceptors (Lipinski definition) is 6. The van der Waals surface area contributed by atoms with Crippen LogP contribution >= 0.6 is 0 Å². The van der Waals surface area contributed by atoms with Crippen molar-refractivity contribution in [3.05, 3.63) is 24.3 Å². The summed E-state index contributed by atoms with van der Waals surface area (Å²) in [5, 5.41) is 12.2. The number of nitrogens with zero attached hydrogens (tertiary/aromatic N) is 2. The summed E-state index contributed by atoms with van der Waals surface area (Å²) in [5.74, 6) is 0.859. The minimum atomic E-state index is -0.360. The van der Waals surface area contributed by atoms with Crippen LogP contribution in [0.5, 0.6) is 11.5 Å². The molecule has 1 aromatic rings. The maximum atomic E-state index is 11.9. The molecule has 1 atom stereocenters. The Bertz CT molecular complexity index is 510. The van der Waals surface area contributed by atoms with Crippen molar-refractivity contribution >= 4 is 5.97 Å². The Morgan fingerprint density at radius 2 is 2.14 bits per heavy atom. The van der Waals surface area contributed by atoms with E-state index in [9.17, 15) is 4.79 Å². The Balaban J connectivity index is 1.87. The number of piperazine rings is 1. The molecule has 1 unspecified atom stereocenters. The average Bonchev–Trinajstić information content (AvgIpc) is 2.50. The van der Waals surface area contributed by atoms with Crippen molar-refractivity contribution in [3.8, 4) is 17.6 Å². The smallest absolute Gasteiger partial charge is 0.325 e. The lowest BCUT2D eigenvalue weighted by atomic mass is 10.2. The summed E-state index contributed by atoms with van der Waals surface area (Å²) in [7, 11) is 0. The number of benzene rings is 1. The zero-order valence-corrected chi connectivity index (χ0v) is 12.0. The first-order chi connectivity index (χ1) is 10.2. The van der Waals surface area contributed by atoms with Gasteiger partial charge in [0.2, 0.25) is 0 Å². The number of esters is 1. The third-order valence-electron chi connectivity index (χ3n) is 3.20. The topological polar surface area (TPSA) is 74.6 Å². The van der Waals surface area contributed by atoms with E-state index in [0.717, 1.165) is 12.3 Å². The van der Waals surface area contributed by atoms with Crippen LogP contribution in [0.2, 0.25) is 0 Å². The molecule has 1 aliphatic heterocycles. The fourth-order valence-electron chi connectivity index (χ4n) is 2.16. The summed E-state index contributed by atoms with van der Waals surface area (Å²) in [6.07, 6.45) is 0. The summed E-state index contributed by atoms with van der Waals surface area (Å²) >= 11 is 0. The average molecular weight is 289 g/mol. The predicted molar refractivity (Wildman–Crippen MR) is 77.1 cm³/mol. The molecule has 0 aliphatic carbocycles. The van der Waals surface area contributed by atoms with Crippen molar-refractivity contribution in [2.45, 2.75) is 13.0 Å². The molecular formula is C15H19N3O3. The summed E-state index contributed by atoms with van der Waals surface area (Å²) in [6, 6.07) is 8.81. The Hall–Kier alpha value is -2.10. The second kappa shape index (κ2) is 7.62. The van der Waals surface area contributed by atoms with E-state index in [0.29, 0.717) is 25.4 Å². The van der Waals surface area contributed by atoms with Gasteiger partial charge in [-0.3, -0.25) is 9.69 Å². The number of nitrogens with one attached hydrogen (secondary N) is 1. The molecule has 0 spiro atoms. The monoisotopic (exact) mass is 289 g/mol. The van der Waals surface area contributed by atoms with Gasteiger partial charge in [0.15, 0.2) is 0 Å². The third kappa shape index (κ3) is 4.45. The Kier molecular flexibility index (Phi) is 5.55. The van der Waals surface area contributed by atoms with Gasteiger partial charge in [-0.2, -0.15) is 5.26 Å². The van der Waals surface area contributed by atoms with E-state index in [1.54, 1.807) is 24.3 Å². The van der Waals surface area contributed by atoms with Gasteiger partial charge < -0.3 is 14.8 Å². The van der Waals surface area contributed by atoms with Crippen LogP contribution in [0.1, 0.15) is 6.92 Å². The molecule has 0 amide bonds. The predicted octanol–water partition coefficient (Wildman–Crippen LogP) is 0.788. The minimum absolute atomic E-state index is 0.118. The molecule has 6 nitrogen and oxygen atoms in total. The normalized spacial score (nSPS) is 18.8. The standard InChI is InChI=1S/C15H19N3O3/c1-2-20-13-3-5-14(6-4-13)21-15(19)11-18-8-7-17-10-12(18)9-16/h3-6,12,17H,2,7-8,10-11H2,1H3.